The first-order chi connectivity index (χ1) is 15.2. The van der Waals surface area contributed by atoms with Crippen molar-refractivity contribution in [1.82, 2.24) is 9.97 Å². The van der Waals surface area contributed by atoms with Gasteiger partial charge in [-0.05, 0) is 67.3 Å². The lowest BCUT2D eigenvalue weighted by Gasteiger charge is -2.33. The first-order valence-corrected chi connectivity index (χ1v) is 12.1. The van der Waals surface area contributed by atoms with Crippen LogP contribution in [-0.4, -0.2) is 22.5 Å². The molecule has 4 rings (SSSR count). The van der Waals surface area contributed by atoms with Gasteiger partial charge in [0, 0.05) is 23.4 Å². The number of aryl methyl sites for hydroxylation is 2. The van der Waals surface area contributed by atoms with Crippen molar-refractivity contribution in [2.75, 3.05) is 11.9 Å². The molecule has 0 fully saturated rings. The molecule has 0 radical (unpaired) electrons. The SMILES string of the molecule is CCOc1ccc(NC(=O)CCc2nc3sc4c(c3c(=O)[nH]2)CC[C@@H](C(C)(C)C)C4)cc1. The van der Waals surface area contributed by atoms with E-state index in [1.807, 2.05) is 31.2 Å². The van der Waals surface area contributed by atoms with Crippen LogP contribution >= 0.6 is 11.3 Å². The number of amides is 1. The summed E-state index contributed by atoms with van der Waals surface area (Å²) in [6.07, 6.45) is 3.69. The summed E-state index contributed by atoms with van der Waals surface area (Å²) in [5, 5.41) is 3.63. The Morgan fingerprint density at radius 3 is 2.72 bits per heavy atom. The lowest BCUT2D eigenvalue weighted by atomic mass is 9.72. The maximum Gasteiger partial charge on any atom is 0.259 e. The predicted octanol–water partition coefficient (Wildman–Crippen LogP) is 5.11. The summed E-state index contributed by atoms with van der Waals surface area (Å²) in [5.41, 5.74) is 2.08. The fraction of sp³-hybridized carbons (Fsp3) is 0.480. The second-order valence-corrected chi connectivity index (χ2v) is 10.6. The molecule has 6 nitrogen and oxygen atoms in total. The van der Waals surface area contributed by atoms with Crippen LogP contribution in [0, 0.1) is 11.3 Å². The van der Waals surface area contributed by atoms with Crippen LogP contribution in [0.2, 0.25) is 0 Å². The summed E-state index contributed by atoms with van der Waals surface area (Å²) >= 11 is 1.65. The number of ether oxygens (including phenoxy) is 1. The molecule has 1 amide bonds. The van der Waals surface area contributed by atoms with Gasteiger partial charge in [-0.2, -0.15) is 0 Å². The van der Waals surface area contributed by atoms with E-state index in [1.54, 1.807) is 11.3 Å². The highest BCUT2D eigenvalue weighted by Crippen LogP contribution is 2.42. The van der Waals surface area contributed by atoms with Crippen LogP contribution in [0.1, 0.15) is 56.8 Å². The zero-order chi connectivity index (χ0) is 22.9. The van der Waals surface area contributed by atoms with Crippen molar-refractivity contribution in [3.05, 3.63) is 50.9 Å². The predicted molar refractivity (Wildman–Crippen MR) is 130 cm³/mol. The van der Waals surface area contributed by atoms with Crippen LogP contribution in [0.4, 0.5) is 5.69 Å². The van der Waals surface area contributed by atoms with Gasteiger partial charge >= 0.3 is 0 Å². The Bertz CT molecular complexity index is 1170. The molecule has 0 aliphatic heterocycles. The third-order valence-corrected chi connectivity index (χ3v) is 7.38. The molecular formula is C25H31N3O3S. The van der Waals surface area contributed by atoms with E-state index in [0.29, 0.717) is 24.8 Å². The Kier molecular flexibility index (Phi) is 6.38. The van der Waals surface area contributed by atoms with Gasteiger partial charge in [0.25, 0.3) is 5.56 Å². The van der Waals surface area contributed by atoms with E-state index >= 15 is 0 Å². The number of fused-ring (bicyclic) bond motifs is 3. The van der Waals surface area contributed by atoms with Gasteiger partial charge in [-0.25, -0.2) is 4.98 Å². The van der Waals surface area contributed by atoms with Gasteiger partial charge < -0.3 is 15.0 Å². The Morgan fingerprint density at radius 2 is 2.03 bits per heavy atom. The Balaban J connectivity index is 1.44. The molecular weight excluding hydrogens is 422 g/mol. The highest BCUT2D eigenvalue weighted by Gasteiger charge is 2.31. The molecule has 0 saturated carbocycles. The number of hydrogen-bond donors (Lipinski definition) is 2. The van der Waals surface area contributed by atoms with Crippen LogP contribution in [0.25, 0.3) is 10.2 Å². The number of H-pyrrole nitrogens is 1. The summed E-state index contributed by atoms with van der Waals surface area (Å²) in [4.78, 5) is 34.9. The van der Waals surface area contributed by atoms with Crippen molar-refractivity contribution < 1.29 is 9.53 Å². The van der Waals surface area contributed by atoms with Crippen molar-refractivity contribution in [2.24, 2.45) is 11.3 Å². The number of carbonyl (C=O) groups is 1. The summed E-state index contributed by atoms with van der Waals surface area (Å²) in [6, 6.07) is 7.29. The number of aromatic amines is 1. The molecule has 0 unspecified atom stereocenters. The third kappa shape index (κ3) is 4.88. The van der Waals surface area contributed by atoms with E-state index in [1.165, 1.54) is 10.4 Å². The minimum absolute atomic E-state index is 0.0800. The molecule has 1 atom stereocenters. The smallest absolute Gasteiger partial charge is 0.259 e. The third-order valence-electron chi connectivity index (χ3n) is 6.23. The fourth-order valence-corrected chi connectivity index (χ4v) is 5.66. The van der Waals surface area contributed by atoms with Crippen LogP contribution in [0.5, 0.6) is 5.75 Å². The molecule has 1 aliphatic carbocycles. The highest BCUT2D eigenvalue weighted by atomic mass is 32.1. The molecule has 2 heterocycles. The van der Waals surface area contributed by atoms with Crippen LogP contribution in [0.15, 0.2) is 29.1 Å². The molecule has 0 bridgehead atoms. The zero-order valence-electron chi connectivity index (χ0n) is 19.2. The fourth-order valence-electron chi connectivity index (χ4n) is 4.34. The van der Waals surface area contributed by atoms with E-state index in [-0.39, 0.29) is 23.3 Å². The highest BCUT2D eigenvalue weighted by molar-refractivity contribution is 7.18. The zero-order valence-corrected chi connectivity index (χ0v) is 20.0. The van der Waals surface area contributed by atoms with Gasteiger partial charge in [-0.15, -0.1) is 11.3 Å². The Labute approximate surface area is 192 Å². The summed E-state index contributed by atoms with van der Waals surface area (Å²) in [6.45, 7) is 9.40. The van der Waals surface area contributed by atoms with Crippen molar-refractivity contribution in [3.8, 4) is 5.75 Å². The van der Waals surface area contributed by atoms with Gasteiger partial charge in [0.2, 0.25) is 5.91 Å². The Morgan fingerprint density at radius 1 is 1.28 bits per heavy atom. The average molecular weight is 454 g/mol. The lowest BCUT2D eigenvalue weighted by Crippen LogP contribution is -2.26. The van der Waals surface area contributed by atoms with Crippen molar-refractivity contribution in [1.29, 1.82) is 0 Å². The first kappa shape index (κ1) is 22.5. The number of hydrogen-bond acceptors (Lipinski definition) is 5. The molecule has 2 N–H and O–H groups in total. The minimum Gasteiger partial charge on any atom is -0.494 e. The molecule has 0 spiro atoms. The average Bonchev–Trinajstić information content (AvgIpc) is 3.11. The normalized spacial score (nSPS) is 16.1. The first-order valence-electron chi connectivity index (χ1n) is 11.3. The largest absolute Gasteiger partial charge is 0.494 e. The van der Waals surface area contributed by atoms with E-state index < -0.39 is 0 Å². The molecule has 3 aromatic rings. The minimum atomic E-state index is -0.115. The van der Waals surface area contributed by atoms with E-state index in [0.717, 1.165) is 40.9 Å². The molecule has 32 heavy (non-hydrogen) atoms. The second kappa shape index (κ2) is 9.06. The van der Waals surface area contributed by atoms with Crippen molar-refractivity contribution in [2.45, 2.75) is 59.8 Å². The van der Waals surface area contributed by atoms with Gasteiger partial charge in [0.1, 0.15) is 16.4 Å². The quantitative estimate of drug-likeness (QED) is 0.543. The van der Waals surface area contributed by atoms with E-state index in [4.69, 9.17) is 9.72 Å². The number of thiophene rings is 1. The number of anilines is 1. The van der Waals surface area contributed by atoms with Gasteiger partial charge in [0.05, 0.1) is 12.0 Å². The lowest BCUT2D eigenvalue weighted by molar-refractivity contribution is -0.116. The molecule has 2 aromatic heterocycles. The van der Waals surface area contributed by atoms with Gasteiger partial charge in [-0.1, -0.05) is 20.8 Å². The number of aromatic nitrogens is 2. The topological polar surface area (TPSA) is 84.1 Å². The van der Waals surface area contributed by atoms with Crippen LogP contribution in [0.3, 0.4) is 0 Å². The molecule has 7 heteroatoms. The molecule has 170 valence electrons. The monoisotopic (exact) mass is 453 g/mol. The second-order valence-electron chi connectivity index (χ2n) is 9.51. The summed E-state index contributed by atoms with van der Waals surface area (Å²) in [5.74, 6) is 1.84. The van der Waals surface area contributed by atoms with Gasteiger partial charge in [-0.3, -0.25) is 9.59 Å². The van der Waals surface area contributed by atoms with Crippen molar-refractivity contribution >= 4 is 33.1 Å². The number of rotatable bonds is 6. The Hall–Kier alpha value is -2.67. The number of nitrogens with zero attached hydrogens (tertiary/aromatic N) is 1. The molecule has 1 aromatic carbocycles. The van der Waals surface area contributed by atoms with Crippen LogP contribution < -0.4 is 15.6 Å². The molecule has 0 saturated heterocycles. The van der Waals surface area contributed by atoms with E-state index in [9.17, 15) is 9.59 Å². The molecule has 1 aliphatic rings. The van der Waals surface area contributed by atoms with Crippen molar-refractivity contribution in [3.63, 3.8) is 0 Å². The number of nitrogens with one attached hydrogen (secondary N) is 2. The summed E-state index contributed by atoms with van der Waals surface area (Å²) in [7, 11) is 0. The van der Waals surface area contributed by atoms with E-state index in [2.05, 4.69) is 31.1 Å². The van der Waals surface area contributed by atoms with Gasteiger partial charge in [0.15, 0.2) is 0 Å². The number of carbonyl (C=O) groups excluding carboxylic acids is 1. The van der Waals surface area contributed by atoms with Crippen LogP contribution in [-0.2, 0) is 24.1 Å². The summed E-state index contributed by atoms with van der Waals surface area (Å²) < 4.78 is 5.42. The maximum absolute atomic E-state index is 12.8. The standard InChI is InChI=1S/C25H31N3O3S/c1-5-31-17-9-7-16(8-10-17)26-21(29)13-12-20-27-23(30)22-18-11-6-15(25(2,3)4)14-19(18)32-24(22)28-20/h7-10,15H,5-6,11-14H2,1-4H3,(H,26,29)(H,27,28,30)/t15-/m1/s1. The number of benzene rings is 1. The maximum atomic E-state index is 12.8.